The van der Waals surface area contributed by atoms with Gasteiger partial charge < -0.3 is 9.67 Å². The summed E-state index contributed by atoms with van der Waals surface area (Å²) >= 11 is 5.51. The number of hydrogen-bond donors (Lipinski definition) is 1. The molecule has 0 aliphatic carbocycles. The van der Waals surface area contributed by atoms with Crippen molar-refractivity contribution in [1.29, 1.82) is 0 Å². The van der Waals surface area contributed by atoms with E-state index in [1.807, 2.05) is 0 Å². The molecule has 0 unspecified atom stereocenters. The van der Waals surface area contributed by atoms with Crippen LogP contribution in [0.1, 0.15) is 21.5 Å². The Kier molecular flexibility index (Phi) is 3.95. The van der Waals surface area contributed by atoms with Crippen molar-refractivity contribution in [2.75, 3.05) is 0 Å². The average Bonchev–Trinajstić information content (AvgIpc) is 2.78. The lowest BCUT2D eigenvalue weighted by atomic mass is 10.2. The topological polar surface area (TPSA) is 42.2 Å². The predicted octanol–water partition coefficient (Wildman–Crippen LogP) is 4.05. The molecule has 21 heavy (non-hydrogen) atoms. The smallest absolute Gasteiger partial charge is 0.418 e. The van der Waals surface area contributed by atoms with Crippen LogP contribution in [0.15, 0.2) is 30.6 Å². The fourth-order valence-corrected chi connectivity index (χ4v) is 1.96. The van der Waals surface area contributed by atoms with Gasteiger partial charge in [0.15, 0.2) is 0 Å². The Morgan fingerprint density at radius 2 is 1.95 bits per heavy atom. The minimum Gasteiger partial charge on any atom is -0.478 e. The van der Waals surface area contributed by atoms with Gasteiger partial charge in [0.2, 0.25) is 0 Å². The Bertz CT molecular complexity index is 694. The highest BCUT2D eigenvalue weighted by Gasteiger charge is 2.36. The zero-order chi connectivity index (χ0) is 15.8. The summed E-state index contributed by atoms with van der Waals surface area (Å²) in [6, 6.07) is 3.80. The second-order valence-corrected chi connectivity index (χ2v) is 4.72. The Labute approximate surface area is 121 Å². The first-order valence-electron chi connectivity index (χ1n) is 5.62. The van der Waals surface area contributed by atoms with Crippen molar-refractivity contribution in [3.05, 3.63) is 58.1 Å². The molecule has 2 rings (SSSR count). The second kappa shape index (κ2) is 5.40. The normalized spacial score (nSPS) is 11.7. The van der Waals surface area contributed by atoms with E-state index in [1.54, 1.807) is 0 Å². The molecule has 0 spiro atoms. The zero-order valence-corrected chi connectivity index (χ0v) is 11.0. The molecule has 0 saturated heterocycles. The predicted molar refractivity (Wildman–Crippen MR) is 66.9 cm³/mol. The van der Waals surface area contributed by atoms with Crippen molar-refractivity contribution in [3.63, 3.8) is 0 Å². The number of aromatic nitrogens is 1. The zero-order valence-electron chi connectivity index (χ0n) is 10.3. The van der Waals surface area contributed by atoms with E-state index < -0.39 is 29.1 Å². The molecule has 1 aromatic carbocycles. The molecule has 2 aromatic rings. The number of carboxylic acids is 1. The molecule has 0 fully saturated rings. The molecular weight excluding hydrogens is 314 g/mol. The van der Waals surface area contributed by atoms with E-state index in [0.717, 1.165) is 16.8 Å². The SMILES string of the molecule is O=C(O)c1cn(Cc2ccc(Cl)c(F)c2)cc1C(F)(F)F. The third-order valence-corrected chi connectivity index (χ3v) is 3.07. The molecule has 0 bridgehead atoms. The third-order valence-electron chi connectivity index (χ3n) is 2.76. The highest BCUT2D eigenvalue weighted by Crippen LogP contribution is 2.33. The number of alkyl halides is 3. The molecule has 0 saturated carbocycles. The molecule has 1 N–H and O–H groups in total. The molecule has 0 aliphatic heterocycles. The lowest BCUT2D eigenvalue weighted by Crippen LogP contribution is -2.09. The van der Waals surface area contributed by atoms with Crippen molar-refractivity contribution in [1.82, 2.24) is 4.57 Å². The summed E-state index contributed by atoms with van der Waals surface area (Å²) in [5.41, 5.74) is -1.74. The van der Waals surface area contributed by atoms with Crippen LogP contribution >= 0.6 is 11.6 Å². The van der Waals surface area contributed by atoms with Crippen molar-refractivity contribution < 1.29 is 27.5 Å². The Hall–Kier alpha value is -2.02. The number of hydrogen-bond acceptors (Lipinski definition) is 1. The molecule has 1 aromatic heterocycles. The van der Waals surface area contributed by atoms with Gasteiger partial charge in [-0.05, 0) is 17.7 Å². The van der Waals surface area contributed by atoms with Gasteiger partial charge in [0.05, 0.1) is 16.1 Å². The Morgan fingerprint density at radius 3 is 2.43 bits per heavy atom. The van der Waals surface area contributed by atoms with Crippen LogP contribution in [0.25, 0.3) is 0 Å². The second-order valence-electron chi connectivity index (χ2n) is 4.31. The van der Waals surface area contributed by atoms with E-state index in [2.05, 4.69) is 0 Å². The third kappa shape index (κ3) is 3.36. The van der Waals surface area contributed by atoms with E-state index in [-0.39, 0.29) is 11.6 Å². The molecule has 3 nitrogen and oxygen atoms in total. The molecule has 1 heterocycles. The largest absolute Gasteiger partial charge is 0.478 e. The molecular formula is C13H8ClF4NO2. The number of aromatic carboxylic acids is 1. The minimum absolute atomic E-state index is 0.103. The van der Waals surface area contributed by atoms with Gasteiger partial charge in [-0.25, -0.2) is 9.18 Å². The maximum atomic E-state index is 13.3. The highest BCUT2D eigenvalue weighted by atomic mass is 35.5. The van der Waals surface area contributed by atoms with Crippen molar-refractivity contribution in [3.8, 4) is 0 Å². The van der Waals surface area contributed by atoms with Gasteiger partial charge in [0, 0.05) is 18.9 Å². The summed E-state index contributed by atoms with van der Waals surface area (Å²) in [6.45, 7) is -0.107. The molecule has 0 radical (unpaired) electrons. The van der Waals surface area contributed by atoms with Gasteiger partial charge in [-0.2, -0.15) is 13.2 Å². The summed E-state index contributed by atoms with van der Waals surface area (Å²) < 4.78 is 52.5. The Balaban J connectivity index is 2.37. The van der Waals surface area contributed by atoms with E-state index in [9.17, 15) is 22.4 Å². The van der Waals surface area contributed by atoms with Crippen LogP contribution in [0.4, 0.5) is 17.6 Å². The number of rotatable bonds is 3. The van der Waals surface area contributed by atoms with Crippen LogP contribution in [-0.2, 0) is 12.7 Å². The van der Waals surface area contributed by atoms with Gasteiger partial charge in [-0.15, -0.1) is 0 Å². The van der Waals surface area contributed by atoms with Gasteiger partial charge in [-0.3, -0.25) is 0 Å². The van der Waals surface area contributed by atoms with Crippen molar-refractivity contribution in [2.24, 2.45) is 0 Å². The number of carbonyl (C=O) groups is 1. The van der Waals surface area contributed by atoms with E-state index in [1.165, 1.54) is 12.1 Å². The van der Waals surface area contributed by atoms with Crippen molar-refractivity contribution >= 4 is 17.6 Å². The number of carboxylic acid groups (broad SMARTS) is 1. The first-order valence-corrected chi connectivity index (χ1v) is 6.00. The lowest BCUT2D eigenvalue weighted by Gasteiger charge is -2.05. The van der Waals surface area contributed by atoms with Crippen LogP contribution < -0.4 is 0 Å². The number of benzene rings is 1. The van der Waals surface area contributed by atoms with Crippen LogP contribution in [-0.4, -0.2) is 15.6 Å². The summed E-state index contributed by atoms with van der Waals surface area (Å²) in [5, 5.41) is 8.69. The van der Waals surface area contributed by atoms with Crippen LogP contribution in [0.3, 0.4) is 0 Å². The first-order chi connectivity index (χ1) is 9.68. The summed E-state index contributed by atoms with van der Waals surface area (Å²) in [7, 11) is 0. The number of halogens is 5. The molecule has 8 heteroatoms. The van der Waals surface area contributed by atoms with Gasteiger partial charge in [0.1, 0.15) is 5.82 Å². The monoisotopic (exact) mass is 321 g/mol. The van der Waals surface area contributed by atoms with E-state index in [0.29, 0.717) is 11.8 Å². The van der Waals surface area contributed by atoms with E-state index in [4.69, 9.17) is 16.7 Å². The van der Waals surface area contributed by atoms with E-state index >= 15 is 0 Å². The van der Waals surface area contributed by atoms with Crippen molar-refractivity contribution in [2.45, 2.75) is 12.7 Å². The fraction of sp³-hybridized carbons (Fsp3) is 0.154. The number of nitrogens with zero attached hydrogens (tertiary/aromatic N) is 1. The van der Waals surface area contributed by atoms with Crippen LogP contribution in [0, 0.1) is 5.82 Å². The van der Waals surface area contributed by atoms with Crippen LogP contribution in [0.5, 0.6) is 0 Å². The maximum Gasteiger partial charge on any atom is 0.418 e. The Morgan fingerprint density at radius 1 is 1.29 bits per heavy atom. The van der Waals surface area contributed by atoms with Gasteiger partial charge in [-0.1, -0.05) is 17.7 Å². The first kappa shape index (κ1) is 15.4. The molecule has 0 aliphatic rings. The molecule has 112 valence electrons. The van der Waals surface area contributed by atoms with Crippen LogP contribution in [0.2, 0.25) is 5.02 Å². The molecule has 0 amide bonds. The quantitative estimate of drug-likeness (QED) is 0.867. The maximum absolute atomic E-state index is 13.3. The molecule has 0 atom stereocenters. The average molecular weight is 322 g/mol. The standard InChI is InChI=1S/C13H8ClF4NO2/c14-10-2-1-7(3-11(10)15)4-19-5-8(12(20)21)9(6-19)13(16,17)18/h1-3,5-6H,4H2,(H,20,21). The van der Waals surface area contributed by atoms with Gasteiger partial charge >= 0.3 is 12.1 Å². The summed E-state index contributed by atoms with van der Waals surface area (Å²) in [5.74, 6) is -2.38. The minimum atomic E-state index is -4.77. The van der Waals surface area contributed by atoms with Gasteiger partial charge in [0.25, 0.3) is 0 Å². The fourth-order valence-electron chi connectivity index (χ4n) is 1.84. The summed E-state index contributed by atoms with van der Waals surface area (Å²) in [4.78, 5) is 10.8. The lowest BCUT2D eigenvalue weighted by molar-refractivity contribution is -0.138. The highest BCUT2D eigenvalue weighted by molar-refractivity contribution is 6.30. The summed E-state index contributed by atoms with van der Waals surface area (Å²) in [6.07, 6.45) is -3.24.